The van der Waals surface area contributed by atoms with Gasteiger partial charge in [0.25, 0.3) is 0 Å². The Kier molecular flexibility index (Phi) is 6.59. The van der Waals surface area contributed by atoms with Crippen molar-refractivity contribution < 1.29 is 14.7 Å². The molecule has 0 saturated heterocycles. The van der Waals surface area contributed by atoms with E-state index in [-0.39, 0.29) is 12.5 Å². The summed E-state index contributed by atoms with van der Waals surface area (Å²) in [6.45, 7) is 2.30. The van der Waals surface area contributed by atoms with Crippen LogP contribution in [0, 0.1) is 0 Å². The van der Waals surface area contributed by atoms with Gasteiger partial charge in [0.1, 0.15) is 0 Å². The Morgan fingerprint density at radius 1 is 1.46 bits per heavy atom. The smallest absolute Gasteiger partial charge is 0.328 e. The molecule has 0 aliphatic rings. The molecule has 0 aromatic carbocycles. The minimum atomic E-state index is -0.997. The highest BCUT2D eigenvalue weighted by Crippen LogP contribution is 1.92. The van der Waals surface area contributed by atoms with E-state index in [1.165, 1.54) is 6.08 Å². The van der Waals surface area contributed by atoms with E-state index in [0.717, 1.165) is 18.9 Å². The number of carbonyl (C=O) groups excluding carboxylic acids is 1. The molecule has 0 spiro atoms. The zero-order valence-corrected chi connectivity index (χ0v) is 7.75. The fourth-order valence-corrected chi connectivity index (χ4v) is 0.758. The van der Waals surface area contributed by atoms with Crippen molar-refractivity contribution in [2.75, 3.05) is 6.54 Å². The Labute approximate surface area is 77.6 Å². The van der Waals surface area contributed by atoms with Crippen molar-refractivity contribution in [1.29, 1.82) is 0 Å². The number of hydrogen-bond donors (Lipinski definition) is 2. The largest absolute Gasteiger partial charge is 0.478 e. The predicted molar refractivity (Wildman–Crippen MR) is 49.3 cm³/mol. The van der Waals surface area contributed by atoms with Crippen molar-refractivity contribution in [1.82, 2.24) is 5.32 Å². The van der Waals surface area contributed by atoms with Gasteiger partial charge in [0.2, 0.25) is 5.91 Å². The predicted octanol–water partition coefficient (Wildman–Crippen LogP) is 0.934. The van der Waals surface area contributed by atoms with Crippen LogP contribution < -0.4 is 5.32 Å². The zero-order chi connectivity index (χ0) is 10.1. The second-order valence-electron chi connectivity index (χ2n) is 2.65. The van der Waals surface area contributed by atoms with Crippen LogP contribution in [0.5, 0.6) is 0 Å². The molecular formula is C9H15NO3. The molecule has 0 aliphatic carbocycles. The van der Waals surface area contributed by atoms with Crippen molar-refractivity contribution in [2.24, 2.45) is 0 Å². The van der Waals surface area contributed by atoms with Crippen LogP contribution in [0.15, 0.2) is 12.2 Å². The fraction of sp³-hybridized carbons (Fsp3) is 0.556. The molecule has 2 N–H and O–H groups in total. The second kappa shape index (κ2) is 7.34. The molecule has 4 heteroatoms. The van der Waals surface area contributed by atoms with Gasteiger partial charge in [0.05, 0.1) is 0 Å². The van der Waals surface area contributed by atoms with E-state index < -0.39 is 5.97 Å². The van der Waals surface area contributed by atoms with Crippen LogP contribution in [0.25, 0.3) is 0 Å². The van der Waals surface area contributed by atoms with Crippen LogP contribution in [0.1, 0.15) is 26.2 Å². The van der Waals surface area contributed by atoms with Crippen LogP contribution in [0.2, 0.25) is 0 Å². The van der Waals surface area contributed by atoms with Crippen molar-refractivity contribution in [3.8, 4) is 0 Å². The Morgan fingerprint density at radius 2 is 2.15 bits per heavy atom. The molecule has 0 atom stereocenters. The Balaban J connectivity index is 3.42. The molecular weight excluding hydrogens is 170 g/mol. The van der Waals surface area contributed by atoms with Gasteiger partial charge < -0.3 is 10.4 Å². The summed E-state index contributed by atoms with van der Waals surface area (Å²) in [6.07, 6.45) is 4.79. The number of carboxylic acid groups (broad SMARTS) is 1. The summed E-state index contributed by atoms with van der Waals surface area (Å²) in [5, 5.41) is 10.8. The highest BCUT2D eigenvalue weighted by atomic mass is 16.4. The van der Waals surface area contributed by atoms with Crippen molar-refractivity contribution in [2.45, 2.75) is 26.2 Å². The molecule has 4 nitrogen and oxygen atoms in total. The molecule has 1 amide bonds. The minimum Gasteiger partial charge on any atom is -0.478 e. The Hall–Kier alpha value is -1.32. The summed E-state index contributed by atoms with van der Waals surface area (Å²) < 4.78 is 0. The van der Waals surface area contributed by atoms with Gasteiger partial charge in [-0.3, -0.25) is 4.79 Å². The van der Waals surface area contributed by atoms with Crippen LogP contribution >= 0.6 is 0 Å². The average molecular weight is 185 g/mol. The third-order valence-corrected chi connectivity index (χ3v) is 1.43. The van der Waals surface area contributed by atoms with Crippen LogP contribution in [0.3, 0.4) is 0 Å². The van der Waals surface area contributed by atoms with Crippen LogP contribution in [-0.2, 0) is 9.59 Å². The summed E-state index contributed by atoms with van der Waals surface area (Å²) >= 11 is 0. The van der Waals surface area contributed by atoms with Gasteiger partial charge in [0, 0.05) is 19.0 Å². The Morgan fingerprint density at radius 3 is 2.69 bits per heavy atom. The van der Waals surface area contributed by atoms with E-state index >= 15 is 0 Å². The molecule has 0 bridgehead atoms. The number of unbranched alkanes of at least 4 members (excludes halogenated alkanes) is 1. The number of carboxylic acids is 1. The minimum absolute atomic E-state index is 0.0307. The van der Waals surface area contributed by atoms with Crippen LogP contribution in [-0.4, -0.2) is 23.5 Å². The number of hydrogen-bond acceptors (Lipinski definition) is 2. The van der Waals surface area contributed by atoms with Gasteiger partial charge in [0.15, 0.2) is 0 Å². The molecule has 0 aliphatic heterocycles. The first-order valence-corrected chi connectivity index (χ1v) is 4.33. The maximum Gasteiger partial charge on any atom is 0.328 e. The van der Waals surface area contributed by atoms with Gasteiger partial charge in [-0.1, -0.05) is 19.4 Å². The molecule has 0 fully saturated rings. The first kappa shape index (κ1) is 11.7. The normalized spacial score (nSPS) is 10.2. The summed E-state index contributed by atoms with van der Waals surface area (Å²) in [5.74, 6) is -1.03. The highest BCUT2D eigenvalue weighted by Gasteiger charge is 1.96. The van der Waals surface area contributed by atoms with Crippen molar-refractivity contribution >= 4 is 11.9 Å². The van der Waals surface area contributed by atoms with Gasteiger partial charge in [-0.05, 0) is 6.42 Å². The number of nitrogens with one attached hydrogen (secondary N) is 1. The number of amides is 1. The van der Waals surface area contributed by atoms with E-state index in [1.807, 2.05) is 6.92 Å². The summed E-state index contributed by atoms with van der Waals surface area (Å²) in [4.78, 5) is 21.0. The second-order valence-corrected chi connectivity index (χ2v) is 2.65. The zero-order valence-electron chi connectivity index (χ0n) is 7.75. The van der Waals surface area contributed by atoms with Crippen LogP contribution in [0.4, 0.5) is 0 Å². The lowest BCUT2D eigenvalue weighted by Crippen LogP contribution is -2.22. The molecule has 0 saturated carbocycles. The number of rotatable bonds is 6. The van der Waals surface area contributed by atoms with E-state index in [4.69, 9.17) is 5.11 Å². The number of carbonyl (C=O) groups is 2. The van der Waals surface area contributed by atoms with Crippen molar-refractivity contribution in [3.05, 3.63) is 12.2 Å². The topological polar surface area (TPSA) is 66.4 Å². The van der Waals surface area contributed by atoms with E-state index in [0.29, 0.717) is 6.42 Å². The molecule has 0 aromatic rings. The molecule has 0 radical (unpaired) electrons. The highest BCUT2D eigenvalue weighted by molar-refractivity contribution is 5.80. The SMILES string of the molecule is CCCCC(=O)NCC=CC(=O)O. The van der Waals surface area contributed by atoms with E-state index in [9.17, 15) is 9.59 Å². The third-order valence-electron chi connectivity index (χ3n) is 1.43. The maximum atomic E-state index is 11.0. The van der Waals surface area contributed by atoms with E-state index in [1.54, 1.807) is 0 Å². The molecule has 0 rings (SSSR count). The molecule has 0 aromatic heterocycles. The first-order chi connectivity index (χ1) is 6.16. The lowest BCUT2D eigenvalue weighted by Gasteiger charge is -1.99. The molecule has 0 unspecified atom stereocenters. The Bertz CT molecular complexity index is 199. The summed E-state index contributed by atoms with van der Waals surface area (Å²) in [7, 11) is 0. The van der Waals surface area contributed by atoms with Gasteiger partial charge >= 0.3 is 5.97 Å². The summed E-state index contributed by atoms with van der Waals surface area (Å²) in [6, 6.07) is 0. The monoisotopic (exact) mass is 185 g/mol. The standard InChI is InChI=1S/C9H15NO3/c1-2-3-5-8(11)10-7-4-6-9(12)13/h4,6H,2-3,5,7H2,1H3,(H,10,11)(H,12,13). The number of aliphatic carboxylic acids is 1. The lowest BCUT2D eigenvalue weighted by atomic mass is 10.2. The quantitative estimate of drug-likeness (QED) is 0.605. The molecule has 13 heavy (non-hydrogen) atoms. The molecule has 74 valence electrons. The van der Waals surface area contributed by atoms with Gasteiger partial charge in [-0.25, -0.2) is 4.79 Å². The lowest BCUT2D eigenvalue weighted by molar-refractivity contribution is -0.131. The van der Waals surface area contributed by atoms with Gasteiger partial charge in [-0.2, -0.15) is 0 Å². The van der Waals surface area contributed by atoms with E-state index in [2.05, 4.69) is 5.32 Å². The van der Waals surface area contributed by atoms with Crippen molar-refractivity contribution in [3.63, 3.8) is 0 Å². The maximum absolute atomic E-state index is 11.0. The first-order valence-electron chi connectivity index (χ1n) is 4.33. The fourth-order valence-electron chi connectivity index (χ4n) is 0.758. The average Bonchev–Trinajstić information content (AvgIpc) is 2.08. The third kappa shape index (κ3) is 8.59. The summed E-state index contributed by atoms with van der Waals surface area (Å²) in [5.41, 5.74) is 0. The van der Waals surface area contributed by atoms with Gasteiger partial charge in [-0.15, -0.1) is 0 Å². The molecule has 0 heterocycles.